The number of halogens is 1. The van der Waals surface area contributed by atoms with Gasteiger partial charge in [0.05, 0.1) is 34.3 Å². The van der Waals surface area contributed by atoms with E-state index in [2.05, 4.69) is 198 Å². The van der Waals surface area contributed by atoms with Crippen molar-refractivity contribution in [3.8, 4) is 6.07 Å². The van der Waals surface area contributed by atoms with Gasteiger partial charge < -0.3 is 14.5 Å². The molecule has 1 N–H and O–H groups in total. The van der Waals surface area contributed by atoms with Crippen molar-refractivity contribution in [3.63, 3.8) is 0 Å². The molecule has 0 bridgehead atoms. The van der Waals surface area contributed by atoms with Gasteiger partial charge in [0.2, 0.25) is 0 Å². The predicted octanol–water partition coefficient (Wildman–Crippen LogP) is 7.94. The van der Waals surface area contributed by atoms with Crippen molar-refractivity contribution in [3.05, 3.63) is 189 Å². The first-order valence-corrected chi connectivity index (χ1v) is 22.4. The van der Waals surface area contributed by atoms with Crippen LogP contribution in [-0.4, -0.2) is 55.1 Å². The quantitative estimate of drug-likeness (QED) is 0.0546. The smallest absolute Gasteiger partial charge is 0.351 e. The molecule has 2 atom stereocenters. The lowest BCUT2D eigenvalue weighted by Crippen LogP contribution is -2.67. The highest BCUT2D eigenvalue weighted by atomic mass is 127. The Kier molecular flexibility index (Phi) is 12.5. The van der Waals surface area contributed by atoms with E-state index in [1.807, 2.05) is 24.4 Å². The van der Waals surface area contributed by atoms with E-state index >= 15 is 0 Å². The standard InChI is InChI=1S/C47H48IN5O3Si/c1-46(2,3)57(40-26-15-7-16-27-40,41-28-17-8-18-29-41)55-35-39-32-52(34-43(56-39)53-33-42(48)44(51-45(53)54)50-31-19-30-49)47(36-20-9-4-10-21-36,37-22-11-5-12-23-37)38-24-13-6-14-25-38/h4-18,20-29,33,39,43H,19,31-32,34-35H2,1-3H3,(H,50,51,54)/t39-,43+/m0/s1. The molecule has 1 fully saturated rings. The van der Waals surface area contributed by atoms with E-state index < -0.39 is 31.9 Å². The fraction of sp³-hybridized carbons (Fsp3) is 0.255. The van der Waals surface area contributed by atoms with Crippen LogP contribution in [0.5, 0.6) is 0 Å². The van der Waals surface area contributed by atoms with Crippen molar-refractivity contribution in [1.82, 2.24) is 14.5 Å². The number of nitriles is 1. The molecule has 1 aromatic heterocycles. The number of anilines is 1. The number of ether oxygens (including phenoxy) is 1. The van der Waals surface area contributed by atoms with E-state index in [-0.39, 0.29) is 5.04 Å². The number of hydrogen-bond donors (Lipinski definition) is 1. The van der Waals surface area contributed by atoms with Crippen molar-refractivity contribution < 1.29 is 9.16 Å². The van der Waals surface area contributed by atoms with Gasteiger partial charge in [0.15, 0.2) is 6.23 Å². The van der Waals surface area contributed by atoms with E-state index in [9.17, 15) is 4.79 Å². The van der Waals surface area contributed by atoms with Crippen LogP contribution in [0.4, 0.5) is 5.82 Å². The summed E-state index contributed by atoms with van der Waals surface area (Å²) in [5.41, 5.74) is 2.12. The Morgan fingerprint density at radius 3 is 1.72 bits per heavy atom. The highest BCUT2D eigenvalue weighted by Crippen LogP contribution is 2.45. The average Bonchev–Trinajstić information content (AvgIpc) is 3.24. The Hall–Kier alpha value is -4.90. The van der Waals surface area contributed by atoms with Gasteiger partial charge in [-0.3, -0.25) is 9.47 Å². The molecule has 6 aromatic rings. The number of nitrogens with zero attached hydrogens (tertiary/aromatic N) is 4. The SMILES string of the molecule is CC(C)(C)[Si](OC[C@@H]1CN(C(c2ccccc2)(c2ccccc2)c2ccccc2)C[C@H](n2cc(I)c(NCCC#N)nc2=O)O1)(c1ccccc1)c1ccccc1. The summed E-state index contributed by atoms with van der Waals surface area (Å²) < 4.78 is 17.0. The fourth-order valence-corrected chi connectivity index (χ4v) is 13.6. The van der Waals surface area contributed by atoms with Crippen LogP contribution in [0.2, 0.25) is 5.04 Å². The molecule has 57 heavy (non-hydrogen) atoms. The van der Waals surface area contributed by atoms with Gasteiger partial charge in [-0.2, -0.15) is 10.2 Å². The van der Waals surface area contributed by atoms with Crippen molar-refractivity contribution in [2.24, 2.45) is 0 Å². The highest BCUT2D eigenvalue weighted by Gasteiger charge is 2.52. The summed E-state index contributed by atoms with van der Waals surface area (Å²) in [5, 5.41) is 14.4. The van der Waals surface area contributed by atoms with E-state index in [0.717, 1.165) is 20.3 Å². The summed E-state index contributed by atoms with van der Waals surface area (Å²) >= 11 is 2.20. The largest absolute Gasteiger partial charge is 0.405 e. The Morgan fingerprint density at radius 2 is 1.26 bits per heavy atom. The second-order valence-electron chi connectivity index (χ2n) is 15.4. The lowest BCUT2D eigenvalue weighted by Gasteiger charge is -2.51. The Morgan fingerprint density at radius 1 is 0.789 bits per heavy atom. The molecule has 290 valence electrons. The molecular formula is C47H48IN5O3Si. The number of aromatic nitrogens is 2. The first-order valence-electron chi connectivity index (χ1n) is 19.4. The van der Waals surface area contributed by atoms with Crippen LogP contribution in [-0.2, 0) is 14.7 Å². The molecule has 0 unspecified atom stereocenters. The van der Waals surface area contributed by atoms with Crippen LogP contribution in [0.15, 0.2) is 163 Å². The zero-order chi connectivity index (χ0) is 39.9. The summed E-state index contributed by atoms with van der Waals surface area (Å²) in [4.78, 5) is 21.0. The minimum absolute atomic E-state index is 0.239. The summed E-state index contributed by atoms with van der Waals surface area (Å²) in [7, 11) is -2.95. The molecule has 0 aliphatic carbocycles. The molecular weight excluding hydrogens is 838 g/mol. The van der Waals surface area contributed by atoms with Crippen LogP contribution >= 0.6 is 22.6 Å². The van der Waals surface area contributed by atoms with E-state index in [1.54, 1.807) is 4.57 Å². The van der Waals surface area contributed by atoms with Crippen LogP contribution in [0.1, 0.15) is 50.1 Å². The molecule has 1 saturated heterocycles. The number of morpholine rings is 1. The third-order valence-electron chi connectivity index (χ3n) is 10.8. The Bertz CT molecular complexity index is 2180. The molecule has 0 spiro atoms. The van der Waals surface area contributed by atoms with Gasteiger partial charge >= 0.3 is 5.69 Å². The molecule has 10 heteroatoms. The number of hydrogen-bond acceptors (Lipinski definition) is 7. The summed E-state index contributed by atoms with van der Waals surface area (Å²) in [6.07, 6.45) is 0.964. The lowest BCUT2D eigenvalue weighted by molar-refractivity contribution is -0.149. The zero-order valence-electron chi connectivity index (χ0n) is 32.6. The molecule has 8 nitrogen and oxygen atoms in total. The maximum atomic E-state index is 14.0. The van der Waals surface area contributed by atoms with Gasteiger partial charge in [0, 0.05) is 25.8 Å². The first kappa shape index (κ1) is 40.3. The maximum absolute atomic E-state index is 14.0. The van der Waals surface area contributed by atoms with E-state index in [0.29, 0.717) is 38.5 Å². The average molecular weight is 886 g/mol. The van der Waals surface area contributed by atoms with Crippen molar-refractivity contribution in [2.75, 3.05) is 31.6 Å². The molecule has 1 aliphatic rings. The van der Waals surface area contributed by atoms with Gasteiger partial charge in [0.25, 0.3) is 8.32 Å². The van der Waals surface area contributed by atoms with Crippen molar-refractivity contribution in [1.29, 1.82) is 5.26 Å². The fourth-order valence-electron chi connectivity index (χ4n) is 8.41. The normalized spacial score (nSPS) is 16.5. The molecule has 5 aromatic carbocycles. The van der Waals surface area contributed by atoms with Crippen LogP contribution in [0.3, 0.4) is 0 Å². The molecule has 0 saturated carbocycles. The van der Waals surface area contributed by atoms with Gasteiger partial charge in [-0.1, -0.05) is 172 Å². The number of benzene rings is 5. The van der Waals surface area contributed by atoms with Gasteiger partial charge in [-0.15, -0.1) is 0 Å². The van der Waals surface area contributed by atoms with Crippen LogP contribution in [0, 0.1) is 14.9 Å². The first-order chi connectivity index (χ1) is 27.7. The molecule has 2 heterocycles. The second kappa shape index (κ2) is 17.7. The predicted molar refractivity (Wildman–Crippen MR) is 238 cm³/mol. The monoisotopic (exact) mass is 885 g/mol. The van der Waals surface area contributed by atoms with Crippen LogP contribution < -0.4 is 21.4 Å². The topological polar surface area (TPSA) is 92.4 Å². The molecule has 0 amide bonds. The van der Waals surface area contributed by atoms with E-state index in [4.69, 9.17) is 14.4 Å². The Labute approximate surface area is 350 Å². The summed E-state index contributed by atoms with van der Waals surface area (Å²) in [6.45, 7) is 8.42. The summed E-state index contributed by atoms with van der Waals surface area (Å²) in [5.74, 6) is 0.457. The van der Waals surface area contributed by atoms with Gasteiger partial charge in [0.1, 0.15) is 5.82 Å². The molecule has 1 aliphatic heterocycles. The lowest BCUT2D eigenvalue weighted by atomic mass is 9.75. The summed E-state index contributed by atoms with van der Waals surface area (Å²) in [6, 6.07) is 55.3. The second-order valence-corrected chi connectivity index (χ2v) is 20.8. The molecule has 0 radical (unpaired) electrons. The minimum Gasteiger partial charge on any atom is -0.405 e. The zero-order valence-corrected chi connectivity index (χ0v) is 35.8. The van der Waals surface area contributed by atoms with Crippen LogP contribution in [0.25, 0.3) is 0 Å². The van der Waals surface area contributed by atoms with Gasteiger partial charge in [-0.05, 0) is 54.7 Å². The molecule has 7 rings (SSSR count). The third kappa shape index (κ3) is 8.13. The Balaban J connectivity index is 1.39. The van der Waals surface area contributed by atoms with E-state index in [1.165, 1.54) is 10.4 Å². The van der Waals surface area contributed by atoms with Gasteiger partial charge in [-0.25, -0.2) is 4.79 Å². The highest BCUT2D eigenvalue weighted by molar-refractivity contribution is 14.1. The minimum atomic E-state index is -2.95. The maximum Gasteiger partial charge on any atom is 0.351 e. The number of rotatable bonds is 13. The van der Waals surface area contributed by atoms with Crippen molar-refractivity contribution >= 4 is 47.1 Å². The third-order valence-corrected chi connectivity index (χ3v) is 16.6. The van der Waals surface area contributed by atoms with Crippen molar-refractivity contribution in [2.45, 2.75) is 50.1 Å². The number of nitrogens with one attached hydrogen (secondary N) is 1.